The first-order valence-electron chi connectivity index (χ1n) is 43.4. The summed E-state index contributed by atoms with van der Waals surface area (Å²) in [5, 5.41) is 16.5. The maximum Gasteiger partial charge on any atom is 0.159 e. The lowest BCUT2D eigenvalue weighted by Crippen LogP contribution is -2.16. The number of rotatable bonds is 13. The lowest BCUT2D eigenvalue weighted by molar-refractivity contribution is 0.660. The molecule has 0 spiro atoms. The van der Waals surface area contributed by atoms with Crippen molar-refractivity contribution >= 4 is 199 Å². The second-order valence-electron chi connectivity index (χ2n) is 34.9. The van der Waals surface area contributed by atoms with Crippen molar-refractivity contribution in [3.63, 3.8) is 0 Å². The summed E-state index contributed by atoms with van der Waals surface area (Å²) in [4.78, 5) is 9.70. The van der Waals surface area contributed by atoms with Gasteiger partial charge in [0.25, 0.3) is 0 Å². The van der Waals surface area contributed by atoms with Gasteiger partial charge in [0.05, 0.1) is 34.1 Å². The molecule has 20 aromatic carbocycles. The van der Waals surface area contributed by atoms with E-state index in [2.05, 4.69) is 436 Å². The van der Waals surface area contributed by atoms with Gasteiger partial charge in [-0.15, -0.1) is 0 Å². The summed E-state index contributed by atoms with van der Waals surface area (Å²) in [5.74, 6) is 0. The van der Waals surface area contributed by atoms with E-state index in [1.807, 2.05) is 12.1 Å². The maximum atomic E-state index is 7.45. The van der Waals surface area contributed by atoms with E-state index in [9.17, 15) is 0 Å². The Morgan fingerprint density at radius 1 is 0.167 bits per heavy atom. The van der Waals surface area contributed by atoms with E-state index in [-0.39, 0.29) is 10.8 Å². The van der Waals surface area contributed by atoms with E-state index in [4.69, 9.17) is 17.7 Å². The van der Waals surface area contributed by atoms with E-state index >= 15 is 0 Å². The van der Waals surface area contributed by atoms with Gasteiger partial charge in [-0.3, -0.25) is 0 Å². The van der Waals surface area contributed by atoms with Gasteiger partial charge in [0.15, 0.2) is 11.2 Å². The van der Waals surface area contributed by atoms with Crippen molar-refractivity contribution in [2.45, 2.75) is 38.5 Å². The van der Waals surface area contributed by atoms with Crippen molar-refractivity contribution in [1.29, 1.82) is 0 Å². The standard InChI is InChI=1S/C118H78N4O4/c1-117(2)99-47-23-19-33-79(99)81-63-61-77(65-101(81)117)119(73-29-7-5-8-30-73)105-67-95-96-68-106(84-36-12-16-42-90(84)112(96)125-111(95)89-41-15-11-35-83(89)105)120(78-62-64-82-80-34-20-24-48-100(80)118(3,4)102(82)66-78)75-57-53-71(54-58-75)72-55-59-76(60-56-72)122(104-50-28-46-94-88-40-22-26-52-110(88)124-116(94)104)108-70-98-97-69-107(85-37-13-17-43-91(85)113(97)126-114(98)92-44-18-14-38-86(92)108)121(74-31-9-6-10-32-74)103-49-27-45-93-87-39-21-25-51-109(87)123-115(93)103/h5-70H,1-4H3. The van der Waals surface area contributed by atoms with Crippen LogP contribution < -0.4 is 19.6 Å². The number of para-hydroxylation sites is 6. The van der Waals surface area contributed by atoms with Crippen LogP contribution in [0.25, 0.3) is 164 Å². The number of benzene rings is 20. The number of anilines is 12. The molecular weight excluding hydrogens is 1540 g/mol. The second-order valence-corrected chi connectivity index (χ2v) is 34.9. The molecule has 24 aromatic rings. The molecule has 0 saturated heterocycles. The monoisotopic (exact) mass is 1610 g/mol. The predicted molar refractivity (Wildman–Crippen MR) is 525 cm³/mol. The summed E-state index contributed by atoms with van der Waals surface area (Å²) in [6.45, 7) is 9.47. The Kier molecular flexibility index (Phi) is 15.4. The zero-order valence-electron chi connectivity index (χ0n) is 69.5. The van der Waals surface area contributed by atoms with Gasteiger partial charge >= 0.3 is 0 Å². The van der Waals surface area contributed by atoms with Gasteiger partial charge in [-0.1, -0.05) is 307 Å². The van der Waals surface area contributed by atoms with Gasteiger partial charge in [-0.05, 0) is 177 Å². The molecular formula is C118H78N4O4. The summed E-state index contributed by atoms with van der Waals surface area (Å²) in [5.41, 5.74) is 30.7. The molecule has 0 amide bonds. The van der Waals surface area contributed by atoms with Crippen molar-refractivity contribution in [3.05, 3.63) is 423 Å². The molecule has 0 unspecified atom stereocenters. The minimum Gasteiger partial charge on any atom is -0.455 e. The van der Waals surface area contributed by atoms with E-state index in [1.54, 1.807) is 0 Å². The maximum absolute atomic E-state index is 7.45. The number of hydrogen-bond donors (Lipinski definition) is 0. The van der Waals surface area contributed by atoms with Crippen LogP contribution in [-0.2, 0) is 10.8 Å². The van der Waals surface area contributed by atoms with Crippen LogP contribution in [0, 0.1) is 0 Å². The number of fused-ring (bicyclic) bond motifs is 26. The molecule has 0 bridgehead atoms. The zero-order chi connectivity index (χ0) is 83.4. The van der Waals surface area contributed by atoms with Crippen LogP contribution in [0.15, 0.2) is 418 Å². The Morgan fingerprint density at radius 2 is 0.437 bits per heavy atom. The number of hydrogen-bond acceptors (Lipinski definition) is 8. The summed E-state index contributed by atoms with van der Waals surface area (Å²) in [7, 11) is 0. The third-order valence-corrected chi connectivity index (χ3v) is 27.4. The molecule has 8 heteroatoms. The number of furan rings is 4. The molecule has 0 atom stereocenters. The molecule has 126 heavy (non-hydrogen) atoms. The highest BCUT2D eigenvalue weighted by Crippen LogP contribution is 2.58. The van der Waals surface area contributed by atoms with E-state index in [0.29, 0.717) is 0 Å². The SMILES string of the molecule is CC1(C)c2ccccc2-c2ccc(N(c3ccccc3)c3cc4c5cc(N(c6ccc(-c7ccc(N(c8cc9c%10cc(N(c%11ccccc%11)c%11cccc%12c%11oc%11ccccc%11%12)c%11ccccc%11c%10oc9c9ccccc89)c8cccc9c8oc8ccccc89)cc7)cc6)c6ccc7c(c6)C(C)(C)c6ccccc6-7)c6ccccc6c5oc4c4ccccc34)cc21. The second kappa shape index (κ2) is 27.2. The van der Waals surface area contributed by atoms with Crippen LogP contribution in [0.1, 0.15) is 49.9 Å². The predicted octanol–water partition coefficient (Wildman–Crippen LogP) is 34.1. The Labute approximate surface area is 726 Å². The van der Waals surface area contributed by atoms with E-state index < -0.39 is 0 Å². The Morgan fingerprint density at radius 3 is 0.817 bits per heavy atom. The molecule has 4 aromatic heterocycles. The summed E-state index contributed by atoms with van der Waals surface area (Å²) in [6, 6.07) is 146. The van der Waals surface area contributed by atoms with E-state index in [0.717, 1.165) is 210 Å². The molecule has 0 fully saturated rings. The highest BCUT2D eigenvalue weighted by molar-refractivity contribution is 6.28. The Bertz CT molecular complexity index is 8690. The zero-order valence-corrected chi connectivity index (χ0v) is 69.5. The normalized spacial score (nSPS) is 13.2. The third-order valence-electron chi connectivity index (χ3n) is 27.4. The molecule has 0 saturated carbocycles. The molecule has 2 aliphatic rings. The highest BCUT2D eigenvalue weighted by atomic mass is 16.3. The average molecular weight is 1620 g/mol. The summed E-state index contributed by atoms with van der Waals surface area (Å²) >= 11 is 0. The van der Waals surface area contributed by atoms with Crippen LogP contribution in [0.4, 0.5) is 68.2 Å². The van der Waals surface area contributed by atoms with Gasteiger partial charge in [0.1, 0.15) is 33.5 Å². The molecule has 0 radical (unpaired) electrons. The molecule has 594 valence electrons. The highest BCUT2D eigenvalue weighted by Gasteiger charge is 2.39. The molecule has 0 N–H and O–H groups in total. The Balaban J connectivity index is 0.639. The number of nitrogens with zero attached hydrogens (tertiary/aromatic N) is 4. The van der Waals surface area contributed by atoms with Crippen molar-refractivity contribution < 1.29 is 17.7 Å². The van der Waals surface area contributed by atoms with Crippen molar-refractivity contribution in [2.24, 2.45) is 0 Å². The first kappa shape index (κ1) is 71.6. The lowest BCUT2D eigenvalue weighted by atomic mass is 9.82. The summed E-state index contributed by atoms with van der Waals surface area (Å²) < 4.78 is 28.8. The van der Waals surface area contributed by atoms with Crippen molar-refractivity contribution in [2.75, 3.05) is 19.6 Å². The molecule has 4 heterocycles. The van der Waals surface area contributed by atoms with Crippen LogP contribution in [0.5, 0.6) is 0 Å². The van der Waals surface area contributed by atoms with Crippen LogP contribution >= 0.6 is 0 Å². The Hall–Kier alpha value is -16.2. The molecule has 0 aliphatic heterocycles. The largest absolute Gasteiger partial charge is 0.455 e. The third kappa shape index (κ3) is 10.5. The van der Waals surface area contributed by atoms with Crippen molar-refractivity contribution in [3.8, 4) is 33.4 Å². The van der Waals surface area contributed by atoms with Crippen molar-refractivity contribution in [1.82, 2.24) is 0 Å². The quantitative estimate of drug-likeness (QED) is 0.113. The molecule has 2 aliphatic carbocycles. The molecule has 8 nitrogen and oxygen atoms in total. The first-order chi connectivity index (χ1) is 62.0. The smallest absolute Gasteiger partial charge is 0.159 e. The van der Waals surface area contributed by atoms with Gasteiger partial charge in [-0.2, -0.15) is 0 Å². The van der Waals surface area contributed by atoms with Crippen LogP contribution in [0.3, 0.4) is 0 Å². The van der Waals surface area contributed by atoms with E-state index in [1.165, 1.54) is 44.5 Å². The first-order valence-corrected chi connectivity index (χ1v) is 43.4. The van der Waals surface area contributed by atoms with Gasteiger partial charge in [0, 0.05) is 131 Å². The fourth-order valence-corrected chi connectivity index (χ4v) is 21.4. The van der Waals surface area contributed by atoms with Gasteiger partial charge < -0.3 is 37.3 Å². The minimum atomic E-state index is -0.266. The average Bonchev–Trinajstić information content (AvgIpc) is 1.56. The topological polar surface area (TPSA) is 65.5 Å². The summed E-state index contributed by atoms with van der Waals surface area (Å²) in [6.07, 6.45) is 0. The lowest BCUT2D eigenvalue weighted by Gasteiger charge is -2.29. The molecule has 26 rings (SSSR count). The fraction of sp³-hybridized carbons (Fsp3) is 0.0508. The fourth-order valence-electron chi connectivity index (χ4n) is 21.4. The van der Waals surface area contributed by atoms with Gasteiger partial charge in [0.2, 0.25) is 0 Å². The van der Waals surface area contributed by atoms with Crippen LogP contribution in [0.2, 0.25) is 0 Å². The van der Waals surface area contributed by atoms with Gasteiger partial charge in [-0.25, -0.2) is 0 Å². The minimum absolute atomic E-state index is 0.205. The van der Waals surface area contributed by atoms with Crippen LogP contribution in [-0.4, -0.2) is 0 Å².